The molecule has 0 heterocycles. The fourth-order valence-electron chi connectivity index (χ4n) is 1.52. The Kier molecular flexibility index (Phi) is 6.45. The number of esters is 1. The van der Waals surface area contributed by atoms with Crippen molar-refractivity contribution in [1.29, 1.82) is 0 Å². The van der Waals surface area contributed by atoms with Crippen molar-refractivity contribution >= 4 is 17.6 Å². The van der Waals surface area contributed by atoms with Crippen molar-refractivity contribution in [2.24, 2.45) is 0 Å². The first kappa shape index (κ1) is 15.6. The summed E-state index contributed by atoms with van der Waals surface area (Å²) in [4.78, 5) is 11.1. The standard InChI is InChI=1S/C13H18ClNO4/c1-4-15-7-9-5-10(14)6-11(17-2)13(9)19-8-12(16)18-3/h5-6,15H,4,7-8H2,1-3H3. The van der Waals surface area contributed by atoms with Gasteiger partial charge >= 0.3 is 5.97 Å². The summed E-state index contributed by atoms with van der Waals surface area (Å²) in [5, 5.41) is 3.73. The predicted molar refractivity (Wildman–Crippen MR) is 72.9 cm³/mol. The Bertz CT molecular complexity index is 437. The number of halogens is 1. The molecule has 6 heteroatoms. The summed E-state index contributed by atoms with van der Waals surface area (Å²) < 4.78 is 15.2. The summed E-state index contributed by atoms with van der Waals surface area (Å²) in [6.45, 7) is 3.21. The normalized spacial score (nSPS) is 10.1. The third kappa shape index (κ3) is 4.61. The highest BCUT2D eigenvalue weighted by atomic mass is 35.5. The van der Waals surface area contributed by atoms with Crippen LogP contribution in [0, 0.1) is 0 Å². The van der Waals surface area contributed by atoms with Crippen LogP contribution in [0.2, 0.25) is 5.02 Å². The van der Waals surface area contributed by atoms with Crippen molar-refractivity contribution in [3.8, 4) is 11.5 Å². The Morgan fingerprint density at radius 1 is 1.37 bits per heavy atom. The molecular formula is C13H18ClNO4. The summed E-state index contributed by atoms with van der Waals surface area (Å²) in [5.41, 5.74) is 0.829. The monoisotopic (exact) mass is 287 g/mol. The molecule has 1 rings (SSSR count). The maximum atomic E-state index is 11.1. The van der Waals surface area contributed by atoms with Crippen molar-refractivity contribution in [1.82, 2.24) is 5.32 Å². The van der Waals surface area contributed by atoms with Crippen molar-refractivity contribution in [2.45, 2.75) is 13.5 Å². The van der Waals surface area contributed by atoms with E-state index < -0.39 is 5.97 Å². The van der Waals surface area contributed by atoms with Crippen LogP contribution < -0.4 is 14.8 Å². The first-order valence-electron chi connectivity index (χ1n) is 5.89. The number of hydrogen-bond acceptors (Lipinski definition) is 5. The summed E-state index contributed by atoms with van der Waals surface area (Å²) in [7, 11) is 2.83. The number of ether oxygens (including phenoxy) is 3. The number of benzene rings is 1. The fraction of sp³-hybridized carbons (Fsp3) is 0.462. The molecule has 0 fully saturated rings. The molecule has 0 radical (unpaired) electrons. The van der Waals surface area contributed by atoms with Crippen LogP contribution in [-0.4, -0.2) is 33.3 Å². The Balaban J connectivity index is 2.98. The zero-order chi connectivity index (χ0) is 14.3. The lowest BCUT2D eigenvalue weighted by Gasteiger charge is -2.15. The van der Waals surface area contributed by atoms with Gasteiger partial charge in [0.1, 0.15) is 0 Å². The van der Waals surface area contributed by atoms with Gasteiger partial charge in [-0.1, -0.05) is 18.5 Å². The van der Waals surface area contributed by atoms with Crippen LogP contribution in [-0.2, 0) is 16.1 Å². The molecule has 0 spiro atoms. The second-order valence-electron chi connectivity index (χ2n) is 3.74. The molecule has 106 valence electrons. The number of methoxy groups -OCH3 is 2. The van der Waals surface area contributed by atoms with Gasteiger partial charge in [-0.3, -0.25) is 0 Å². The average Bonchev–Trinajstić information content (AvgIpc) is 2.42. The highest BCUT2D eigenvalue weighted by Crippen LogP contribution is 2.34. The van der Waals surface area contributed by atoms with E-state index in [2.05, 4.69) is 10.1 Å². The van der Waals surface area contributed by atoms with E-state index in [4.69, 9.17) is 21.1 Å². The van der Waals surface area contributed by atoms with Crippen LogP contribution in [0.1, 0.15) is 12.5 Å². The van der Waals surface area contributed by atoms with E-state index in [1.807, 2.05) is 6.92 Å². The van der Waals surface area contributed by atoms with Gasteiger partial charge in [0.05, 0.1) is 14.2 Å². The smallest absolute Gasteiger partial charge is 0.343 e. The van der Waals surface area contributed by atoms with Crippen LogP contribution >= 0.6 is 11.6 Å². The average molecular weight is 288 g/mol. The van der Waals surface area contributed by atoms with Gasteiger partial charge in [-0.2, -0.15) is 0 Å². The second-order valence-corrected chi connectivity index (χ2v) is 4.18. The Morgan fingerprint density at radius 3 is 2.68 bits per heavy atom. The Labute approximate surface area is 117 Å². The lowest BCUT2D eigenvalue weighted by Crippen LogP contribution is -2.16. The summed E-state index contributed by atoms with van der Waals surface area (Å²) in [6, 6.07) is 3.42. The molecule has 0 aliphatic rings. The van der Waals surface area contributed by atoms with Crippen LogP contribution in [0.25, 0.3) is 0 Å². The lowest BCUT2D eigenvalue weighted by molar-refractivity contribution is -0.142. The van der Waals surface area contributed by atoms with E-state index >= 15 is 0 Å². The van der Waals surface area contributed by atoms with Crippen LogP contribution in [0.5, 0.6) is 11.5 Å². The zero-order valence-corrected chi connectivity index (χ0v) is 12.0. The lowest BCUT2D eigenvalue weighted by atomic mass is 10.2. The van der Waals surface area contributed by atoms with Crippen molar-refractivity contribution < 1.29 is 19.0 Å². The quantitative estimate of drug-likeness (QED) is 0.778. The molecule has 0 saturated heterocycles. The van der Waals surface area contributed by atoms with Crippen molar-refractivity contribution in [3.63, 3.8) is 0 Å². The third-order valence-corrected chi connectivity index (χ3v) is 2.66. The van der Waals surface area contributed by atoms with E-state index in [0.717, 1.165) is 12.1 Å². The minimum Gasteiger partial charge on any atom is -0.493 e. The molecule has 0 bridgehead atoms. The third-order valence-electron chi connectivity index (χ3n) is 2.44. The molecular weight excluding hydrogens is 270 g/mol. The molecule has 0 aliphatic heterocycles. The van der Waals surface area contributed by atoms with Gasteiger partial charge in [-0.25, -0.2) is 4.79 Å². The first-order valence-corrected chi connectivity index (χ1v) is 6.26. The minimum atomic E-state index is -0.452. The maximum absolute atomic E-state index is 11.1. The van der Waals surface area contributed by atoms with E-state index in [0.29, 0.717) is 23.1 Å². The molecule has 5 nitrogen and oxygen atoms in total. The number of carbonyl (C=O) groups excluding carboxylic acids is 1. The number of rotatable bonds is 7. The molecule has 19 heavy (non-hydrogen) atoms. The van der Waals surface area contributed by atoms with Gasteiger partial charge in [0.25, 0.3) is 0 Å². The van der Waals surface area contributed by atoms with E-state index in [9.17, 15) is 4.79 Å². The van der Waals surface area contributed by atoms with Gasteiger partial charge in [0.15, 0.2) is 18.1 Å². The van der Waals surface area contributed by atoms with Crippen molar-refractivity contribution in [3.05, 3.63) is 22.7 Å². The van der Waals surface area contributed by atoms with E-state index in [1.54, 1.807) is 12.1 Å². The van der Waals surface area contributed by atoms with Crippen molar-refractivity contribution in [2.75, 3.05) is 27.4 Å². The molecule has 0 aromatic heterocycles. The molecule has 0 aliphatic carbocycles. The minimum absolute atomic E-state index is 0.173. The number of carbonyl (C=O) groups is 1. The van der Waals surface area contributed by atoms with Crippen LogP contribution in [0.4, 0.5) is 0 Å². The summed E-state index contributed by atoms with van der Waals surface area (Å²) in [6.07, 6.45) is 0. The molecule has 0 atom stereocenters. The number of hydrogen-bond donors (Lipinski definition) is 1. The SMILES string of the molecule is CCNCc1cc(Cl)cc(OC)c1OCC(=O)OC. The summed E-state index contributed by atoms with van der Waals surface area (Å²) >= 11 is 6.01. The van der Waals surface area contributed by atoms with Gasteiger partial charge in [0, 0.05) is 23.2 Å². The van der Waals surface area contributed by atoms with Gasteiger partial charge in [0.2, 0.25) is 0 Å². The molecule has 1 aromatic carbocycles. The largest absolute Gasteiger partial charge is 0.493 e. The Hall–Kier alpha value is -1.46. The van der Waals surface area contributed by atoms with Crippen LogP contribution in [0.3, 0.4) is 0 Å². The molecule has 0 amide bonds. The van der Waals surface area contributed by atoms with Crippen LogP contribution in [0.15, 0.2) is 12.1 Å². The zero-order valence-electron chi connectivity index (χ0n) is 11.3. The molecule has 1 aromatic rings. The number of nitrogens with one attached hydrogen (secondary N) is 1. The molecule has 0 unspecified atom stereocenters. The highest BCUT2D eigenvalue weighted by molar-refractivity contribution is 6.30. The fourth-order valence-corrected chi connectivity index (χ4v) is 1.75. The predicted octanol–water partition coefficient (Wildman–Crippen LogP) is 2.01. The molecule has 1 N–H and O–H groups in total. The summed E-state index contributed by atoms with van der Waals surface area (Å²) in [5.74, 6) is 0.536. The second kappa shape index (κ2) is 7.86. The van der Waals surface area contributed by atoms with Gasteiger partial charge < -0.3 is 19.5 Å². The topological polar surface area (TPSA) is 56.8 Å². The maximum Gasteiger partial charge on any atom is 0.343 e. The first-order chi connectivity index (χ1) is 9.12. The van der Waals surface area contributed by atoms with Gasteiger partial charge in [-0.15, -0.1) is 0 Å². The van der Waals surface area contributed by atoms with E-state index in [1.165, 1.54) is 14.2 Å². The molecule has 0 saturated carbocycles. The Morgan fingerprint density at radius 2 is 2.11 bits per heavy atom. The highest BCUT2D eigenvalue weighted by Gasteiger charge is 2.14. The van der Waals surface area contributed by atoms with E-state index in [-0.39, 0.29) is 6.61 Å². The van der Waals surface area contributed by atoms with Gasteiger partial charge in [-0.05, 0) is 12.6 Å².